The number of hydrogen-bond acceptors (Lipinski definition) is 5. The molecule has 1 aliphatic heterocycles. The molecule has 0 spiro atoms. The summed E-state index contributed by atoms with van der Waals surface area (Å²) in [5, 5.41) is 9.03. The topological polar surface area (TPSA) is 82.1 Å². The molecule has 1 aromatic rings. The van der Waals surface area contributed by atoms with Crippen molar-refractivity contribution in [2.45, 2.75) is 12.5 Å². The summed E-state index contributed by atoms with van der Waals surface area (Å²) in [7, 11) is 1.46. The lowest BCUT2D eigenvalue weighted by Gasteiger charge is -2.13. The van der Waals surface area contributed by atoms with Crippen LogP contribution in [0.15, 0.2) is 18.2 Å². The third-order valence-corrected chi connectivity index (χ3v) is 2.58. The summed E-state index contributed by atoms with van der Waals surface area (Å²) in [5.41, 5.74) is -0.0181. The predicted molar refractivity (Wildman–Crippen MR) is 59.9 cm³/mol. The van der Waals surface area contributed by atoms with E-state index in [9.17, 15) is 9.59 Å². The van der Waals surface area contributed by atoms with Gasteiger partial charge in [-0.1, -0.05) is 0 Å². The van der Waals surface area contributed by atoms with Crippen LogP contribution in [0.5, 0.6) is 11.5 Å². The van der Waals surface area contributed by atoms with E-state index in [1.165, 1.54) is 25.3 Å². The van der Waals surface area contributed by atoms with Crippen LogP contribution in [-0.4, -0.2) is 36.9 Å². The second-order valence-corrected chi connectivity index (χ2v) is 3.73. The zero-order valence-corrected chi connectivity index (χ0v) is 9.71. The number of carbonyl (C=O) groups excluding carboxylic acids is 1. The van der Waals surface area contributed by atoms with Crippen molar-refractivity contribution in [3.05, 3.63) is 23.8 Å². The summed E-state index contributed by atoms with van der Waals surface area (Å²) >= 11 is 0. The van der Waals surface area contributed by atoms with E-state index in [0.29, 0.717) is 12.2 Å². The molecule has 18 heavy (non-hydrogen) atoms. The van der Waals surface area contributed by atoms with Gasteiger partial charge in [-0.3, -0.25) is 0 Å². The molecule has 1 N–H and O–H groups in total. The highest BCUT2D eigenvalue weighted by atomic mass is 16.6. The smallest absolute Gasteiger partial charge is 0.347 e. The fraction of sp³-hybridized carbons (Fsp3) is 0.333. The SMILES string of the molecule is COc1ccc(C(=O)O)c(OC2CCOC2=O)c1. The summed E-state index contributed by atoms with van der Waals surface area (Å²) in [6, 6.07) is 4.33. The monoisotopic (exact) mass is 252 g/mol. The van der Waals surface area contributed by atoms with Crippen molar-refractivity contribution in [2.75, 3.05) is 13.7 Å². The van der Waals surface area contributed by atoms with Gasteiger partial charge >= 0.3 is 11.9 Å². The Morgan fingerprint density at radius 1 is 1.50 bits per heavy atom. The standard InChI is InChI=1S/C12H12O6/c1-16-7-2-3-8(11(13)14)10(6-7)18-9-4-5-17-12(9)15/h2-3,6,9H,4-5H2,1H3,(H,13,14). The maximum Gasteiger partial charge on any atom is 0.347 e. The Morgan fingerprint density at radius 3 is 2.83 bits per heavy atom. The minimum Gasteiger partial charge on any atom is -0.497 e. The molecular weight excluding hydrogens is 240 g/mol. The van der Waals surface area contributed by atoms with Crippen molar-refractivity contribution in [2.24, 2.45) is 0 Å². The lowest BCUT2D eigenvalue weighted by atomic mass is 10.2. The van der Waals surface area contributed by atoms with Gasteiger partial charge in [-0.15, -0.1) is 0 Å². The van der Waals surface area contributed by atoms with E-state index in [-0.39, 0.29) is 17.9 Å². The van der Waals surface area contributed by atoms with Gasteiger partial charge in [-0.25, -0.2) is 9.59 Å². The number of aromatic carboxylic acids is 1. The molecule has 6 nitrogen and oxygen atoms in total. The van der Waals surface area contributed by atoms with Crippen LogP contribution in [0.1, 0.15) is 16.8 Å². The Morgan fingerprint density at radius 2 is 2.28 bits per heavy atom. The quantitative estimate of drug-likeness (QED) is 0.808. The number of hydrogen-bond donors (Lipinski definition) is 1. The molecule has 0 bridgehead atoms. The van der Waals surface area contributed by atoms with Crippen LogP contribution in [0.2, 0.25) is 0 Å². The van der Waals surface area contributed by atoms with Crippen molar-refractivity contribution in [1.82, 2.24) is 0 Å². The van der Waals surface area contributed by atoms with Gasteiger partial charge in [0, 0.05) is 12.5 Å². The minimum absolute atomic E-state index is 0.0181. The highest BCUT2D eigenvalue weighted by Gasteiger charge is 2.29. The molecule has 1 fully saturated rings. The summed E-state index contributed by atoms with van der Waals surface area (Å²) in [4.78, 5) is 22.3. The number of methoxy groups -OCH3 is 1. The van der Waals surface area contributed by atoms with Gasteiger partial charge in [0.25, 0.3) is 0 Å². The zero-order chi connectivity index (χ0) is 13.1. The van der Waals surface area contributed by atoms with E-state index in [0.717, 1.165) is 0 Å². The largest absolute Gasteiger partial charge is 0.497 e. The van der Waals surface area contributed by atoms with Crippen LogP contribution in [0.4, 0.5) is 0 Å². The van der Waals surface area contributed by atoms with Crippen molar-refractivity contribution in [3.8, 4) is 11.5 Å². The first-order chi connectivity index (χ1) is 8.61. The molecular formula is C12H12O6. The Bertz CT molecular complexity index is 481. The van der Waals surface area contributed by atoms with Gasteiger partial charge in [0.05, 0.1) is 13.7 Å². The Hall–Kier alpha value is -2.24. The average Bonchev–Trinajstić information content (AvgIpc) is 2.74. The van der Waals surface area contributed by atoms with Crippen LogP contribution >= 0.6 is 0 Å². The lowest BCUT2D eigenvalue weighted by molar-refractivity contribution is -0.143. The summed E-state index contributed by atoms with van der Waals surface area (Å²) in [6.45, 7) is 0.288. The van der Waals surface area contributed by atoms with E-state index in [4.69, 9.17) is 19.3 Å². The van der Waals surface area contributed by atoms with Gasteiger partial charge in [-0.05, 0) is 12.1 Å². The average molecular weight is 252 g/mol. The highest BCUT2D eigenvalue weighted by molar-refractivity contribution is 5.91. The van der Waals surface area contributed by atoms with Crippen LogP contribution < -0.4 is 9.47 Å². The molecule has 1 atom stereocenters. The fourth-order valence-electron chi connectivity index (χ4n) is 1.64. The molecule has 0 radical (unpaired) electrons. The van der Waals surface area contributed by atoms with Crippen LogP contribution in [-0.2, 0) is 9.53 Å². The number of carbonyl (C=O) groups is 2. The van der Waals surface area contributed by atoms with Gasteiger partial charge < -0.3 is 19.3 Å². The molecule has 1 aliphatic rings. The Labute approximate surface area is 103 Å². The van der Waals surface area contributed by atoms with E-state index < -0.39 is 18.0 Å². The molecule has 1 heterocycles. The fourth-order valence-corrected chi connectivity index (χ4v) is 1.64. The first-order valence-corrected chi connectivity index (χ1v) is 5.36. The van der Waals surface area contributed by atoms with E-state index in [1.807, 2.05) is 0 Å². The molecule has 1 saturated heterocycles. The van der Waals surface area contributed by atoms with Crippen LogP contribution in [0, 0.1) is 0 Å². The van der Waals surface area contributed by atoms with Gasteiger partial charge in [0.1, 0.15) is 17.1 Å². The summed E-state index contributed by atoms with van der Waals surface area (Å²) in [6.07, 6.45) is -0.343. The molecule has 96 valence electrons. The zero-order valence-electron chi connectivity index (χ0n) is 9.71. The van der Waals surface area contributed by atoms with Gasteiger partial charge in [0.15, 0.2) is 6.10 Å². The number of carboxylic acid groups (broad SMARTS) is 1. The summed E-state index contributed by atoms with van der Waals surface area (Å²) in [5.74, 6) is -1.04. The molecule has 1 unspecified atom stereocenters. The second kappa shape index (κ2) is 4.95. The number of cyclic esters (lactones) is 1. The molecule has 0 amide bonds. The molecule has 1 aromatic carbocycles. The molecule has 0 saturated carbocycles. The van der Waals surface area contributed by atoms with Crippen molar-refractivity contribution >= 4 is 11.9 Å². The molecule has 6 heteroatoms. The Balaban J connectivity index is 2.28. The van der Waals surface area contributed by atoms with Crippen LogP contribution in [0.25, 0.3) is 0 Å². The first-order valence-electron chi connectivity index (χ1n) is 5.36. The first kappa shape index (κ1) is 12.2. The van der Waals surface area contributed by atoms with Gasteiger partial charge in [-0.2, -0.15) is 0 Å². The van der Waals surface area contributed by atoms with Gasteiger partial charge in [0.2, 0.25) is 0 Å². The Kier molecular flexibility index (Phi) is 3.36. The minimum atomic E-state index is -1.13. The second-order valence-electron chi connectivity index (χ2n) is 3.73. The highest BCUT2D eigenvalue weighted by Crippen LogP contribution is 2.27. The third kappa shape index (κ3) is 2.37. The van der Waals surface area contributed by atoms with Crippen molar-refractivity contribution in [3.63, 3.8) is 0 Å². The lowest BCUT2D eigenvalue weighted by Crippen LogP contribution is -2.22. The normalized spacial score (nSPS) is 18.3. The maximum absolute atomic E-state index is 11.3. The number of carboxylic acids is 1. The number of esters is 1. The maximum atomic E-state index is 11.3. The number of rotatable bonds is 4. The van der Waals surface area contributed by atoms with Crippen molar-refractivity contribution in [1.29, 1.82) is 0 Å². The van der Waals surface area contributed by atoms with E-state index >= 15 is 0 Å². The molecule has 0 aliphatic carbocycles. The van der Waals surface area contributed by atoms with Crippen molar-refractivity contribution < 1.29 is 28.9 Å². The molecule has 2 rings (SSSR count). The van der Waals surface area contributed by atoms with E-state index in [2.05, 4.69) is 0 Å². The summed E-state index contributed by atoms with van der Waals surface area (Å²) < 4.78 is 15.1. The predicted octanol–water partition coefficient (Wildman–Crippen LogP) is 1.09. The van der Waals surface area contributed by atoms with E-state index in [1.54, 1.807) is 0 Å². The third-order valence-electron chi connectivity index (χ3n) is 2.58. The molecule has 0 aromatic heterocycles. The number of ether oxygens (including phenoxy) is 3. The number of benzene rings is 1. The van der Waals surface area contributed by atoms with Crippen LogP contribution in [0.3, 0.4) is 0 Å².